The van der Waals surface area contributed by atoms with Crippen molar-refractivity contribution < 1.29 is 4.79 Å². The molecule has 1 aliphatic carbocycles. The third-order valence-corrected chi connectivity index (χ3v) is 5.71. The number of aryl methyl sites for hydroxylation is 3. The standard InChI is InChI=1S/C19H21N3OS/c23-18(11-10-13-12-20-15-7-5-4-6-14(13)15)22-19-21-16-8-2-1-3-9-17(16)24-19/h4-7,12,20H,1-3,8-11H2,(H,21,22,23). The molecule has 0 fully saturated rings. The minimum Gasteiger partial charge on any atom is -0.361 e. The number of benzene rings is 1. The van der Waals surface area contributed by atoms with Crippen molar-refractivity contribution >= 4 is 33.3 Å². The highest BCUT2D eigenvalue weighted by atomic mass is 32.1. The molecule has 3 aromatic rings. The van der Waals surface area contributed by atoms with Gasteiger partial charge in [-0.2, -0.15) is 0 Å². The molecule has 0 unspecified atom stereocenters. The van der Waals surface area contributed by atoms with Crippen LogP contribution in [0.4, 0.5) is 5.13 Å². The second-order valence-electron chi connectivity index (χ2n) is 6.36. The molecule has 0 radical (unpaired) electrons. The molecule has 124 valence electrons. The fourth-order valence-electron chi connectivity index (χ4n) is 3.35. The number of thiazole rings is 1. The molecule has 0 spiro atoms. The minimum absolute atomic E-state index is 0.0455. The van der Waals surface area contributed by atoms with E-state index in [0.717, 1.165) is 29.9 Å². The Bertz CT molecular complexity index is 841. The number of carbonyl (C=O) groups excluding carboxylic acids is 1. The van der Waals surface area contributed by atoms with E-state index >= 15 is 0 Å². The third-order valence-electron chi connectivity index (χ3n) is 4.64. The van der Waals surface area contributed by atoms with Crippen LogP contribution >= 0.6 is 11.3 Å². The number of hydrogen-bond acceptors (Lipinski definition) is 3. The number of H-pyrrole nitrogens is 1. The molecule has 2 N–H and O–H groups in total. The molecule has 0 aliphatic heterocycles. The summed E-state index contributed by atoms with van der Waals surface area (Å²) in [6, 6.07) is 8.20. The number of amides is 1. The molecule has 2 heterocycles. The maximum Gasteiger partial charge on any atom is 0.226 e. The first-order valence-electron chi connectivity index (χ1n) is 8.63. The summed E-state index contributed by atoms with van der Waals surface area (Å²) < 4.78 is 0. The van der Waals surface area contributed by atoms with Crippen LogP contribution in [0.1, 0.15) is 41.8 Å². The van der Waals surface area contributed by atoms with E-state index in [1.54, 1.807) is 11.3 Å². The summed E-state index contributed by atoms with van der Waals surface area (Å²) in [7, 11) is 0. The number of hydrogen-bond donors (Lipinski definition) is 2. The van der Waals surface area contributed by atoms with Gasteiger partial charge in [-0.15, -0.1) is 11.3 Å². The lowest BCUT2D eigenvalue weighted by Gasteiger charge is -2.02. The van der Waals surface area contributed by atoms with Gasteiger partial charge in [0.2, 0.25) is 5.91 Å². The van der Waals surface area contributed by atoms with Crippen molar-refractivity contribution in [3.63, 3.8) is 0 Å². The van der Waals surface area contributed by atoms with Gasteiger partial charge in [0.1, 0.15) is 0 Å². The molecule has 1 amide bonds. The molecule has 24 heavy (non-hydrogen) atoms. The van der Waals surface area contributed by atoms with Crippen LogP contribution in [-0.2, 0) is 24.1 Å². The van der Waals surface area contributed by atoms with Crippen molar-refractivity contribution in [2.45, 2.75) is 44.9 Å². The normalized spacial score (nSPS) is 14.3. The number of rotatable bonds is 4. The van der Waals surface area contributed by atoms with E-state index in [1.165, 1.54) is 40.8 Å². The fourth-order valence-corrected chi connectivity index (χ4v) is 4.42. The van der Waals surface area contributed by atoms with Gasteiger partial charge in [-0.3, -0.25) is 4.79 Å². The number of nitrogens with one attached hydrogen (secondary N) is 2. The highest BCUT2D eigenvalue weighted by Crippen LogP contribution is 2.29. The van der Waals surface area contributed by atoms with Crippen LogP contribution in [0.2, 0.25) is 0 Å². The Morgan fingerprint density at radius 2 is 2.08 bits per heavy atom. The summed E-state index contributed by atoms with van der Waals surface area (Å²) in [6.07, 6.45) is 9.12. The van der Waals surface area contributed by atoms with E-state index < -0.39 is 0 Å². The van der Waals surface area contributed by atoms with E-state index in [9.17, 15) is 4.79 Å². The Hall–Kier alpha value is -2.14. The molecule has 1 aromatic carbocycles. The average molecular weight is 339 g/mol. The van der Waals surface area contributed by atoms with Gasteiger partial charge in [-0.1, -0.05) is 24.6 Å². The van der Waals surface area contributed by atoms with E-state index in [0.29, 0.717) is 6.42 Å². The summed E-state index contributed by atoms with van der Waals surface area (Å²) in [5, 5.41) is 4.96. The monoisotopic (exact) mass is 339 g/mol. The number of aromatic nitrogens is 2. The number of fused-ring (bicyclic) bond motifs is 2. The van der Waals surface area contributed by atoms with Gasteiger partial charge in [0.05, 0.1) is 5.69 Å². The summed E-state index contributed by atoms with van der Waals surface area (Å²) in [5.41, 5.74) is 3.51. The SMILES string of the molecule is O=C(CCc1c[nH]c2ccccc12)Nc1nc2c(s1)CCCCC2. The molecule has 5 heteroatoms. The quantitative estimate of drug-likeness (QED) is 0.689. The molecule has 0 atom stereocenters. The second-order valence-corrected chi connectivity index (χ2v) is 7.44. The molecule has 0 bridgehead atoms. The molecular weight excluding hydrogens is 318 g/mol. The molecule has 1 aliphatic rings. The van der Waals surface area contributed by atoms with Crippen molar-refractivity contribution in [2.24, 2.45) is 0 Å². The average Bonchev–Trinajstić information content (AvgIpc) is 3.10. The van der Waals surface area contributed by atoms with Gasteiger partial charge in [-0.25, -0.2) is 4.98 Å². The first-order chi connectivity index (χ1) is 11.8. The summed E-state index contributed by atoms with van der Waals surface area (Å²) in [4.78, 5) is 21.5. The number of carbonyl (C=O) groups is 1. The van der Waals surface area contributed by atoms with Crippen molar-refractivity contribution in [3.05, 3.63) is 46.6 Å². The van der Waals surface area contributed by atoms with Crippen molar-refractivity contribution in [1.29, 1.82) is 0 Å². The van der Waals surface area contributed by atoms with E-state index in [2.05, 4.69) is 27.4 Å². The van der Waals surface area contributed by atoms with Crippen molar-refractivity contribution in [3.8, 4) is 0 Å². The zero-order valence-corrected chi connectivity index (χ0v) is 14.4. The van der Waals surface area contributed by atoms with Gasteiger partial charge in [-0.05, 0) is 43.7 Å². The van der Waals surface area contributed by atoms with Gasteiger partial charge < -0.3 is 10.3 Å². The van der Waals surface area contributed by atoms with Crippen molar-refractivity contribution in [2.75, 3.05) is 5.32 Å². The number of anilines is 1. The predicted molar refractivity (Wildman–Crippen MR) is 98.6 cm³/mol. The Labute approximate surface area is 145 Å². The lowest BCUT2D eigenvalue weighted by atomic mass is 10.1. The van der Waals surface area contributed by atoms with E-state index in [-0.39, 0.29) is 5.91 Å². The zero-order valence-electron chi connectivity index (χ0n) is 13.6. The molecule has 0 saturated heterocycles. The predicted octanol–water partition coefficient (Wildman–Crippen LogP) is 4.46. The van der Waals surface area contributed by atoms with Gasteiger partial charge in [0, 0.05) is 28.4 Å². The van der Waals surface area contributed by atoms with E-state index in [1.807, 2.05) is 18.3 Å². The van der Waals surface area contributed by atoms with Crippen LogP contribution in [0, 0.1) is 0 Å². The van der Waals surface area contributed by atoms with E-state index in [4.69, 9.17) is 0 Å². The van der Waals surface area contributed by atoms with Crippen molar-refractivity contribution in [1.82, 2.24) is 9.97 Å². The summed E-state index contributed by atoms with van der Waals surface area (Å²) >= 11 is 1.65. The maximum atomic E-state index is 12.3. The Kier molecular flexibility index (Phi) is 4.34. The van der Waals surface area contributed by atoms with Crippen LogP contribution in [0.25, 0.3) is 10.9 Å². The second kappa shape index (κ2) is 6.77. The van der Waals surface area contributed by atoms with Crippen LogP contribution in [0.5, 0.6) is 0 Å². The molecule has 2 aromatic heterocycles. The number of aromatic amines is 1. The van der Waals surface area contributed by atoms with Gasteiger partial charge in [0.15, 0.2) is 5.13 Å². The molecule has 4 nitrogen and oxygen atoms in total. The van der Waals surface area contributed by atoms with Crippen LogP contribution in [0.3, 0.4) is 0 Å². The lowest BCUT2D eigenvalue weighted by molar-refractivity contribution is -0.116. The first-order valence-corrected chi connectivity index (χ1v) is 9.44. The van der Waals surface area contributed by atoms with Gasteiger partial charge in [0.25, 0.3) is 0 Å². The largest absolute Gasteiger partial charge is 0.361 e. The molecular formula is C19H21N3OS. The number of nitrogens with zero attached hydrogens (tertiary/aromatic N) is 1. The van der Waals surface area contributed by atoms with Crippen LogP contribution in [0.15, 0.2) is 30.5 Å². The summed E-state index contributed by atoms with van der Waals surface area (Å²) in [5.74, 6) is 0.0455. The zero-order chi connectivity index (χ0) is 16.4. The Balaban J connectivity index is 1.38. The van der Waals surface area contributed by atoms with Crippen LogP contribution < -0.4 is 5.32 Å². The summed E-state index contributed by atoms with van der Waals surface area (Å²) in [6.45, 7) is 0. The Morgan fingerprint density at radius 1 is 1.21 bits per heavy atom. The highest BCUT2D eigenvalue weighted by Gasteiger charge is 2.15. The number of para-hydroxylation sites is 1. The fraction of sp³-hybridized carbons (Fsp3) is 0.368. The maximum absolute atomic E-state index is 12.3. The molecule has 0 saturated carbocycles. The van der Waals surface area contributed by atoms with Gasteiger partial charge >= 0.3 is 0 Å². The van der Waals surface area contributed by atoms with Crippen LogP contribution in [-0.4, -0.2) is 15.9 Å². The first kappa shape index (κ1) is 15.4. The smallest absolute Gasteiger partial charge is 0.226 e. The third kappa shape index (κ3) is 3.22. The minimum atomic E-state index is 0.0455. The molecule has 4 rings (SSSR count). The highest BCUT2D eigenvalue weighted by molar-refractivity contribution is 7.15. The lowest BCUT2D eigenvalue weighted by Crippen LogP contribution is -2.12. The Morgan fingerprint density at radius 3 is 3.04 bits per heavy atom. The topological polar surface area (TPSA) is 57.8 Å².